The fraction of sp³-hybridized carbons (Fsp3) is 0.133. The van der Waals surface area contributed by atoms with Crippen LogP contribution >= 0.6 is 27.3 Å². The minimum absolute atomic E-state index is 0.707. The van der Waals surface area contributed by atoms with E-state index in [9.17, 15) is 0 Å². The van der Waals surface area contributed by atoms with E-state index in [1.165, 1.54) is 0 Å². The molecule has 3 aromatic rings. The first-order chi connectivity index (χ1) is 10.1. The predicted octanol–water partition coefficient (Wildman–Crippen LogP) is 4.70. The number of nitrogens with two attached hydrogens (primary N) is 1. The number of nitrogens with one attached hydrogen (secondary N) is 1. The Balaban J connectivity index is 1.97. The van der Waals surface area contributed by atoms with Gasteiger partial charge in [-0.25, -0.2) is 4.98 Å². The van der Waals surface area contributed by atoms with Gasteiger partial charge in [-0.3, -0.25) is 0 Å². The van der Waals surface area contributed by atoms with Crippen molar-refractivity contribution in [3.05, 3.63) is 39.8 Å². The lowest BCUT2D eigenvalue weighted by atomic mass is 10.2. The summed E-state index contributed by atoms with van der Waals surface area (Å²) in [6.07, 6.45) is 0. The van der Waals surface area contributed by atoms with E-state index < -0.39 is 0 Å². The number of aryl methyl sites for hydroxylation is 1. The SMILES string of the molecule is COc1ccc(Nc2cc3nc(C)sc3cc2N)cc1Br. The lowest BCUT2D eigenvalue weighted by molar-refractivity contribution is 0.412. The van der Waals surface area contributed by atoms with Crippen LogP contribution in [0.2, 0.25) is 0 Å². The maximum atomic E-state index is 6.12. The van der Waals surface area contributed by atoms with Crippen molar-refractivity contribution in [1.29, 1.82) is 0 Å². The molecule has 0 bridgehead atoms. The second kappa shape index (κ2) is 5.54. The number of hydrogen-bond acceptors (Lipinski definition) is 5. The van der Waals surface area contributed by atoms with E-state index in [0.717, 1.165) is 36.8 Å². The fourth-order valence-corrected chi connectivity index (χ4v) is 3.51. The molecule has 1 heterocycles. The summed E-state index contributed by atoms with van der Waals surface area (Å²) >= 11 is 5.12. The van der Waals surface area contributed by atoms with Gasteiger partial charge in [0, 0.05) is 5.69 Å². The number of halogens is 1. The van der Waals surface area contributed by atoms with Crippen LogP contribution < -0.4 is 15.8 Å². The zero-order valence-corrected chi connectivity index (χ0v) is 14.0. The molecule has 2 aromatic carbocycles. The monoisotopic (exact) mass is 363 g/mol. The number of anilines is 3. The second-order valence-electron chi connectivity index (χ2n) is 4.61. The second-order valence-corrected chi connectivity index (χ2v) is 6.70. The number of nitrogen functional groups attached to an aromatic ring is 1. The summed E-state index contributed by atoms with van der Waals surface area (Å²) in [5.74, 6) is 0.791. The molecule has 0 aliphatic carbocycles. The van der Waals surface area contributed by atoms with Crippen LogP contribution in [0.1, 0.15) is 5.01 Å². The van der Waals surface area contributed by atoms with Gasteiger partial charge in [0.2, 0.25) is 0 Å². The molecule has 108 valence electrons. The number of rotatable bonds is 3. The van der Waals surface area contributed by atoms with Crippen LogP contribution in [0.15, 0.2) is 34.8 Å². The Morgan fingerprint density at radius 2 is 2.10 bits per heavy atom. The topological polar surface area (TPSA) is 60.2 Å². The number of methoxy groups -OCH3 is 1. The molecule has 0 spiro atoms. The summed E-state index contributed by atoms with van der Waals surface area (Å²) in [6.45, 7) is 1.99. The molecule has 4 nitrogen and oxygen atoms in total. The van der Waals surface area contributed by atoms with Crippen molar-refractivity contribution in [2.24, 2.45) is 0 Å². The first-order valence-corrected chi connectivity index (χ1v) is 7.95. The molecule has 6 heteroatoms. The van der Waals surface area contributed by atoms with Crippen molar-refractivity contribution in [2.45, 2.75) is 6.92 Å². The Morgan fingerprint density at radius 1 is 1.29 bits per heavy atom. The van der Waals surface area contributed by atoms with E-state index in [1.54, 1.807) is 18.4 Å². The van der Waals surface area contributed by atoms with Crippen LogP contribution in [0, 0.1) is 6.92 Å². The van der Waals surface area contributed by atoms with Gasteiger partial charge in [-0.05, 0) is 53.2 Å². The summed E-state index contributed by atoms with van der Waals surface area (Å²) < 4.78 is 7.22. The molecule has 3 N–H and O–H groups in total. The van der Waals surface area contributed by atoms with Gasteiger partial charge in [0.1, 0.15) is 5.75 Å². The van der Waals surface area contributed by atoms with Gasteiger partial charge >= 0.3 is 0 Å². The molecular formula is C15H14BrN3OS. The molecule has 0 atom stereocenters. The molecule has 21 heavy (non-hydrogen) atoms. The smallest absolute Gasteiger partial charge is 0.133 e. The maximum Gasteiger partial charge on any atom is 0.133 e. The number of thiazole rings is 1. The van der Waals surface area contributed by atoms with E-state index >= 15 is 0 Å². The Bertz CT molecular complexity index is 816. The first kappa shape index (κ1) is 14.2. The highest BCUT2D eigenvalue weighted by molar-refractivity contribution is 9.10. The summed E-state index contributed by atoms with van der Waals surface area (Å²) in [7, 11) is 1.64. The lowest BCUT2D eigenvalue weighted by Gasteiger charge is -2.11. The molecular weight excluding hydrogens is 350 g/mol. The number of fused-ring (bicyclic) bond motifs is 1. The quantitative estimate of drug-likeness (QED) is 0.662. The number of nitrogens with zero attached hydrogens (tertiary/aromatic N) is 1. The van der Waals surface area contributed by atoms with Gasteiger partial charge in [-0.1, -0.05) is 0 Å². The summed E-state index contributed by atoms with van der Waals surface area (Å²) in [6, 6.07) is 9.73. The third-order valence-corrected chi connectivity index (χ3v) is 4.65. The highest BCUT2D eigenvalue weighted by atomic mass is 79.9. The van der Waals surface area contributed by atoms with Crippen molar-refractivity contribution in [3.8, 4) is 5.75 Å². The van der Waals surface area contributed by atoms with Crippen LogP contribution in [-0.4, -0.2) is 12.1 Å². The largest absolute Gasteiger partial charge is 0.496 e. The molecule has 3 rings (SSSR count). The number of hydrogen-bond donors (Lipinski definition) is 2. The predicted molar refractivity (Wildman–Crippen MR) is 92.7 cm³/mol. The zero-order valence-electron chi connectivity index (χ0n) is 11.6. The summed E-state index contributed by atoms with van der Waals surface area (Å²) in [4.78, 5) is 4.50. The van der Waals surface area contributed by atoms with Gasteiger partial charge < -0.3 is 15.8 Å². The average Bonchev–Trinajstić information content (AvgIpc) is 2.78. The van der Waals surface area contributed by atoms with Gasteiger partial charge in [0.05, 0.1) is 38.2 Å². The zero-order chi connectivity index (χ0) is 15.0. The van der Waals surface area contributed by atoms with Crippen LogP contribution in [0.4, 0.5) is 17.1 Å². The van der Waals surface area contributed by atoms with Crippen molar-refractivity contribution >= 4 is 54.5 Å². The summed E-state index contributed by atoms with van der Waals surface area (Å²) in [5, 5.41) is 4.36. The molecule has 0 unspecified atom stereocenters. The maximum absolute atomic E-state index is 6.12. The molecule has 0 radical (unpaired) electrons. The lowest BCUT2D eigenvalue weighted by Crippen LogP contribution is -1.96. The number of aromatic nitrogens is 1. The normalized spacial score (nSPS) is 10.8. The minimum atomic E-state index is 0.707. The molecule has 0 amide bonds. The molecule has 0 saturated heterocycles. The Morgan fingerprint density at radius 3 is 2.81 bits per heavy atom. The summed E-state index contributed by atoms with van der Waals surface area (Å²) in [5.41, 5.74) is 9.57. The third kappa shape index (κ3) is 2.82. The van der Waals surface area contributed by atoms with Crippen LogP contribution in [0.25, 0.3) is 10.2 Å². The van der Waals surface area contributed by atoms with Gasteiger partial charge in [0.15, 0.2) is 0 Å². The highest BCUT2D eigenvalue weighted by Gasteiger charge is 2.08. The van der Waals surface area contributed by atoms with Crippen LogP contribution in [-0.2, 0) is 0 Å². The Labute approximate surface area is 135 Å². The van der Waals surface area contributed by atoms with Gasteiger partial charge in [0.25, 0.3) is 0 Å². The molecule has 1 aromatic heterocycles. The van der Waals surface area contributed by atoms with E-state index in [1.807, 2.05) is 37.3 Å². The average molecular weight is 364 g/mol. The standard InChI is InChI=1S/C15H14BrN3OS/c1-8-18-13-7-12(11(17)6-15(13)21-8)19-9-3-4-14(20-2)10(16)5-9/h3-7,19H,17H2,1-2H3. The number of ether oxygens (including phenoxy) is 1. The highest BCUT2D eigenvalue weighted by Crippen LogP contribution is 2.33. The Kier molecular flexibility index (Phi) is 3.73. The Hall–Kier alpha value is -1.79. The molecule has 0 aliphatic rings. The molecule has 0 saturated carbocycles. The molecule has 0 fully saturated rings. The first-order valence-electron chi connectivity index (χ1n) is 6.34. The van der Waals surface area contributed by atoms with Gasteiger partial charge in [-0.2, -0.15) is 0 Å². The third-order valence-electron chi connectivity index (χ3n) is 3.10. The van der Waals surface area contributed by atoms with Crippen molar-refractivity contribution < 1.29 is 4.74 Å². The fourth-order valence-electron chi connectivity index (χ4n) is 2.11. The van der Waals surface area contributed by atoms with Crippen LogP contribution in [0.3, 0.4) is 0 Å². The van der Waals surface area contributed by atoms with Crippen LogP contribution in [0.5, 0.6) is 5.75 Å². The van der Waals surface area contributed by atoms with Crippen molar-refractivity contribution in [1.82, 2.24) is 4.98 Å². The van der Waals surface area contributed by atoms with Gasteiger partial charge in [-0.15, -0.1) is 11.3 Å². The van der Waals surface area contributed by atoms with Crippen molar-refractivity contribution in [2.75, 3.05) is 18.2 Å². The van der Waals surface area contributed by atoms with E-state index in [4.69, 9.17) is 10.5 Å². The number of benzene rings is 2. The van der Waals surface area contributed by atoms with E-state index in [0.29, 0.717) is 5.69 Å². The van der Waals surface area contributed by atoms with E-state index in [-0.39, 0.29) is 0 Å². The van der Waals surface area contributed by atoms with E-state index in [2.05, 4.69) is 26.2 Å². The van der Waals surface area contributed by atoms with Crippen molar-refractivity contribution in [3.63, 3.8) is 0 Å². The minimum Gasteiger partial charge on any atom is -0.496 e. The molecule has 0 aliphatic heterocycles.